The zero-order chi connectivity index (χ0) is 25.0. The van der Waals surface area contributed by atoms with E-state index >= 15 is 4.39 Å². The second-order valence-corrected chi connectivity index (χ2v) is 10.5. The number of nitrogens with one attached hydrogen (secondary N) is 2. The summed E-state index contributed by atoms with van der Waals surface area (Å²) in [5, 5.41) is 2.82. The summed E-state index contributed by atoms with van der Waals surface area (Å²) in [6, 6.07) is 3.46. The molecule has 0 radical (unpaired) electrons. The average molecular weight is 519 g/mol. The highest BCUT2D eigenvalue weighted by atomic mass is 32.2. The van der Waals surface area contributed by atoms with Crippen LogP contribution in [0.15, 0.2) is 30.6 Å². The Bertz CT molecular complexity index is 1350. The zero-order valence-electron chi connectivity index (χ0n) is 17.8. The Hall–Kier alpha value is -2.97. The van der Waals surface area contributed by atoms with Gasteiger partial charge in [-0.1, -0.05) is 6.92 Å². The van der Waals surface area contributed by atoms with Crippen molar-refractivity contribution in [3.63, 3.8) is 0 Å². The van der Waals surface area contributed by atoms with Crippen LogP contribution in [0.2, 0.25) is 0 Å². The van der Waals surface area contributed by atoms with Gasteiger partial charge < -0.3 is 10.3 Å². The van der Waals surface area contributed by atoms with Crippen LogP contribution >= 0.6 is 0 Å². The first-order valence-electron chi connectivity index (χ1n) is 10.0. The van der Waals surface area contributed by atoms with Crippen LogP contribution in [0.4, 0.5) is 24.5 Å². The fourth-order valence-electron chi connectivity index (χ4n) is 3.30. The van der Waals surface area contributed by atoms with E-state index in [4.69, 9.17) is 0 Å². The van der Waals surface area contributed by atoms with Gasteiger partial charge >= 0.3 is 0 Å². The minimum Gasteiger partial charge on any atom is -0.346 e. The number of rotatable bonds is 10. The predicted molar refractivity (Wildman–Crippen MR) is 122 cm³/mol. The number of hydrogen-bond acceptors (Lipinski definition) is 5. The van der Waals surface area contributed by atoms with Gasteiger partial charge in [0.15, 0.2) is 17.5 Å². The Morgan fingerprint density at radius 2 is 1.97 bits per heavy atom. The molecule has 34 heavy (non-hydrogen) atoms. The van der Waals surface area contributed by atoms with Crippen LogP contribution in [-0.4, -0.2) is 51.1 Å². The minimum absolute atomic E-state index is 0.0745. The van der Waals surface area contributed by atoms with Crippen molar-refractivity contribution in [2.45, 2.75) is 19.8 Å². The van der Waals surface area contributed by atoms with Crippen LogP contribution in [0.5, 0.6) is 0 Å². The van der Waals surface area contributed by atoms with Crippen molar-refractivity contribution in [1.29, 1.82) is 0 Å². The second-order valence-electron chi connectivity index (χ2n) is 7.31. The number of H-pyrrole nitrogens is 1. The van der Waals surface area contributed by atoms with E-state index in [1.807, 2.05) is 0 Å². The van der Waals surface area contributed by atoms with Crippen molar-refractivity contribution in [2.24, 2.45) is 0 Å². The number of benzene rings is 1. The number of halogens is 3. The Morgan fingerprint density at radius 3 is 2.65 bits per heavy atom. The Kier molecular flexibility index (Phi) is 7.94. The number of hydrogen-bond donors (Lipinski definition) is 3. The lowest BCUT2D eigenvalue weighted by atomic mass is 10.1. The fourth-order valence-corrected chi connectivity index (χ4v) is 5.28. The molecule has 0 bridgehead atoms. The first-order chi connectivity index (χ1) is 16.0. The number of nitrogens with zero attached hydrogens (tertiary/aromatic N) is 2. The highest BCUT2D eigenvalue weighted by molar-refractivity contribution is 7.91. The third-order valence-electron chi connectivity index (χ3n) is 4.81. The number of sulfone groups is 1. The molecular formula is C20H21F3N4O5S2. The molecule has 0 spiro atoms. The van der Waals surface area contributed by atoms with Gasteiger partial charge in [0.1, 0.15) is 21.0 Å². The summed E-state index contributed by atoms with van der Waals surface area (Å²) in [4.78, 5) is 19.5. The van der Waals surface area contributed by atoms with Gasteiger partial charge in [0.2, 0.25) is 0 Å². The van der Waals surface area contributed by atoms with E-state index in [1.54, 1.807) is 19.2 Å². The standard InChI is InChI=1S/C20H21F3N4O5S2/c1-2-7-34(31,32)8-3-6-27(33(29)30)15-10-14(21)17(22)16(18(15)23)20(28)26-13-9-12-4-5-24-19(12)25-11-13/h4-5,9-11H,2-3,6-8H2,1H3,(H,24,25)(H,26,28)(H,29,30). The highest BCUT2D eigenvalue weighted by Gasteiger charge is 2.29. The molecule has 1 atom stereocenters. The van der Waals surface area contributed by atoms with E-state index in [0.717, 1.165) is 0 Å². The second kappa shape index (κ2) is 10.5. The maximum atomic E-state index is 15.2. The first kappa shape index (κ1) is 25.6. The number of amides is 1. The van der Waals surface area contributed by atoms with Gasteiger partial charge in [-0.25, -0.2) is 30.8 Å². The molecule has 3 N–H and O–H groups in total. The normalized spacial score (nSPS) is 12.6. The Balaban J connectivity index is 1.90. The van der Waals surface area contributed by atoms with Crippen LogP contribution in [-0.2, 0) is 21.1 Å². The third-order valence-corrected chi connectivity index (χ3v) is 7.51. The average Bonchev–Trinajstić information content (AvgIpc) is 3.22. The number of fused-ring (bicyclic) bond motifs is 1. The number of pyridine rings is 1. The summed E-state index contributed by atoms with van der Waals surface area (Å²) in [5.74, 6) is -6.80. The van der Waals surface area contributed by atoms with Crippen LogP contribution in [0.1, 0.15) is 30.1 Å². The predicted octanol–water partition coefficient (Wildman–Crippen LogP) is 3.39. The number of aromatic amines is 1. The van der Waals surface area contributed by atoms with E-state index in [-0.39, 0.29) is 23.6 Å². The maximum absolute atomic E-state index is 15.2. The molecule has 14 heteroatoms. The van der Waals surface area contributed by atoms with Gasteiger partial charge in [0, 0.05) is 29.9 Å². The SMILES string of the molecule is CCCS(=O)(=O)CCCN(c1cc(F)c(F)c(C(=O)Nc2cnc3[nH]ccc3c2)c1F)S(=O)O. The summed E-state index contributed by atoms with van der Waals surface area (Å²) < 4.78 is 89.4. The van der Waals surface area contributed by atoms with Gasteiger partial charge in [-0.05, 0) is 25.0 Å². The zero-order valence-corrected chi connectivity index (χ0v) is 19.5. The topological polar surface area (TPSA) is 132 Å². The summed E-state index contributed by atoms with van der Waals surface area (Å²) in [5.41, 5.74) is -1.59. The minimum atomic E-state index is -3.44. The smallest absolute Gasteiger partial charge is 0.261 e. The number of aromatic nitrogens is 2. The monoisotopic (exact) mass is 518 g/mol. The maximum Gasteiger partial charge on any atom is 0.261 e. The lowest BCUT2D eigenvalue weighted by molar-refractivity contribution is 0.101. The van der Waals surface area contributed by atoms with E-state index in [0.29, 0.717) is 27.8 Å². The molecule has 2 heterocycles. The van der Waals surface area contributed by atoms with Gasteiger partial charge in [-0.2, -0.15) is 0 Å². The van der Waals surface area contributed by atoms with Crippen molar-refractivity contribution in [1.82, 2.24) is 9.97 Å². The lowest BCUT2D eigenvalue weighted by Gasteiger charge is -2.22. The van der Waals surface area contributed by atoms with Gasteiger partial charge in [0.25, 0.3) is 17.2 Å². The summed E-state index contributed by atoms with van der Waals surface area (Å²) in [6.45, 7) is 1.20. The van der Waals surface area contributed by atoms with E-state index in [2.05, 4.69) is 15.3 Å². The molecule has 0 saturated heterocycles. The Labute approximate surface area is 195 Å². The van der Waals surface area contributed by atoms with Crippen LogP contribution in [0.25, 0.3) is 11.0 Å². The highest BCUT2D eigenvalue weighted by Crippen LogP contribution is 2.29. The number of anilines is 2. The molecular weight excluding hydrogens is 497 g/mol. The molecule has 1 amide bonds. The van der Waals surface area contributed by atoms with Crippen molar-refractivity contribution in [3.8, 4) is 0 Å². The van der Waals surface area contributed by atoms with Crippen molar-refractivity contribution < 1.29 is 35.1 Å². The van der Waals surface area contributed by atoms with Crippen molar-refractivity contribution in [3.05, 3.63) is 53.6 Å². The van der Waals surface area contributed by atoms with Crippen molar-refractivity contribution in [2.75, 3.05) is 27.7 Å². The molecule has 3 aromatic rings. The molecule has 2 aromatic heterocycles. The largest absolute Gasteiger partial charge is 0.346 e. The lowest BCUT2D eigenvalue weighted by Crippen LogP contribution is -2.30. The molecule has 0 saturated carbocycles. The molecule has 0 aliphatic carbocycles. The van der Waals surface area contributed by atoms with Crippen LogP contribution < -0.4 is 9.62 Å². The van der Waals surface area contributed by atoms with E-state index in [9.17, 15) is 30.8 Å². The molecule has 3 rings (SSSR count). The molecule has 184 valence electrons. The van der Waals surface area contributed by atoms with Crippen LogP contribution in [0.3, 0.4) is 0 Å². The summed E-state index contributed by atoms with van der Waals surface area (Å²) in [7, 11) is -3.44. The van der Waals surface area contributed by atoms with Crippen LogP contribution in [0, 0.1) is 17.5 Å². The fraction of sp³-hybridized carbons (Fsp3) is 0.300. The third kappa shape index (κ3) is 5.74. The number of carbonyl (C=O) groups excluding carboxylic acids is 1. The molecule has 0 aliphatic rings. The molecule has 1 aromatic carbocycles. The van der Waals surface area contributed by atoms with E-state index in [1.165, 1.54) is 12.3 Å². The molecule has 0 aliphatic heterocycles. The van der Waals surface area contributed by atoms with Gasteiger partial charge in [0.05, 0.1) is 23.3 Å². The van der Waals surface area contributed by atoms with Gasteiger partial charge in [-0.3, -0.25) is 13.7 Å². The molecule has 1 unspecified atom stereocenters. The van der Waals surface area contributed by atoms with Crippen molar-refractivity contribution >= 4 is 49.4 Å². The van der Waals surface area contributed by atoms with Gasteiger partial charge in [-0.15, -0.1) is 0 Å². The van der Waals surface area contributed by atoms with E-state index < -0.39 is 62.3 Å². The molecule has 0 fully saturated rings. The Morgan fingerprint density at radius 1 is 1.24 bits per heavy atom. The quantitative estimate of drug-likeness (QED) is 0.278. The summed E-state index contributed by atoms with van der Waals surface area (Å²) >= 11 is -2.92. The number of carbonyl (C=O) groups is 1. The first-order valence-corrected chi connectivity index (χ1v) is 12.9. The molecule has 9 nitrogen and oxygen atoms in total. The summed E-state index contributed by atoms with van der Waals surface area (Å²) in [6.07, 6.45) is 3.01.